The second kappa shape index (κ2) is 14.3. The maximum Gasteiger partial charge on any atom is 0.159 e. The van der Waals surface area contributed by atoms with Crippen molar-refractivity contribution in [3.63, 3.8) is 0 Å². The van der Waals surface area contributed by atoms with E-state index in [-0.39, 0.29) is 6.17 Å². The van der Waals surface area contributed by atoms with Crippen molar-refractivity contribution >= 4 is 86.8 Å². The van der Waals surface area contributed by atoms with Gasteiger partial charge in [-0.15, -0.1) is 11.3 Å². The highest BCUT2D eigenvalue weighted by molar-refractivity contribution is 7.26. The number of aliphatic imine (C=N–C) groups is 2. The van der Waals surface area contributed by atoms with Crippen LogP contribution in [-0.4, -0.2) is 20.8 Å². The molecule has 296 valence electrons. The summed E-state index contributed by atoms with van der Waals surface area (Å²) in [6.07, 6.45) is -0.269. The molecule has 0 aliphatic carbocycles. The van der Waals surface area contributed by atoms with Gasteiger partial charge in [0.05, 0.1) is 22.1 Å². The lowest BCUT2D eigenvalue weighted by Gasteiger charge is -2.23. The van der Waals surface area contributed by atoms with Crippen LogP contribution in [0.15, 0.2) is 222 Å². The first-order chi connectivity index (χ1) is 31.2. The second-order valence-corrected chi connectivity index (χ2v) is 17.3. The highest BCUT2D eigenvalue weighted by Gasteiger charge is 2.23. The lowest BCUT2D eigenvalue weighted by molar-refractivity contribution is 0.674. The van der Waals surface area contributed by atoms with Gasteiger partial charge in [-0.25, -0.2) is 9.98 Å². The maximum atomic E-state index is 5.15. The Bertz CT molecular complexity index is 3770. The number of benzene rings is 9. The number of hydrogen-bond acceptors (Lipinski definition) is 4. The number of hydrogen-bond donors (Lipinski definition) is 1. The average molecular weight is 824 g/mol. The van der Waals surface area contributed by atoms with Crippen molar-refractivity contribution in [3.05, 3.63) is 229 Å². The molecule has 0 radical (unpaired) electrons. The van der Waals surface area contributed by atoms with E-state index in [2.05, 4.69) is 203 Å². The Morgan fingerprint density at radius 3 is 1.73 bits per heavy atom. The Kier molecular flexibility index (Phi) is 8.08. The quantitative estimate of drug-likeness (QED) is 0.178. The summed E-state index contributed by atoms with van der Waals surface area (Å²) < 4.78 is 7.36. The van der Waals surface area contributed by atoms with Gasteiger partial charge in [-0.3, -0.25) is 0 Å². The lowest BCUT2D eigenvalue weighted by Crippen LogP contribution is -2.33. The second-order valence-electron chi connectivity index (χ2n) is 16.2. The Morgan fingerprint density at radius 1 is 0.381 bits per heavy atom. The predicted octanol–water partition coefficient (Wildman–Crippen LogP) is 14.4. The molecular formula is C57H37N5S. The Balaban J connectivity index is 0.937. The molecule has 63 heavy (non-hydrogen) atoms. The molecule has 0 saturated heterocycles. The Hall–Kier alpha value is -8.06. The molecule has 3 aromatic heterocycles. The maximum absolute atomic E-state index is 5.15. The van der Waals surface area contributed by atoms with Gasteiger partial charge in [0.2, 0.25) is 0 Å². The third kappa shape index (κ3) is 5.83. The fourth-order valence-electron chi connectivity index (χ4n) is 9.61. The normalized spacial score (nSPS) is 14.2. The number of amidine groups is 2. The van der Waals surface area contributed by atoms with Gasteiger partial charge in [0, 0.05) is 64.2 Å². The van der Waals surface area contributed by atoms with Gasteiger partial charge in [-0.2, -0.15) is 0 Å². The number of rotatable bonds is 6. The van der Waals surface area contributed by atoms with Gasteiger partial charge >= 0.3 is 0 Å². The molecule has 13 rings (SSSR count). The number of nitrogens with one attached hydrogen (secondary N) is 1. The number of aromatic nitrogens is 2. The predicted molar refractivity (Wildman–Crippen MR) is 265 cm³/mol. The van der Waals surface area contributed by atoms with Crippen LogP contribution in [0.3, 0.4) is 0 Å². The van der Waals surface area contributed by atoms with E-state index in [0.717, 1.165) is 39.4 Å². The van der Waals surface area contributed by atoms with Crippen molar-refractivity contribution in [2.45, 2.75) is 6.17 Å². The van der Waals surface area contributed by atoms with Crippen molar-refractivity contribution in [2.24, 2.45) is 9.98 Å². The molecule has 0 saturated carbocycles. The van der Waals surface area contributed by atoms with Crippen molar-refractivity contribution in [2.75, 3.05) is 0 Å². The summed E-state index contributed by atoms with van der Waals surface area (Å²) in [5.41, 5.74) is 12.5. The molecule has 1 aliphatic rings. The van der Waals surface area contributed by atoms with Gasteiger partial charge in [-0.05, 0) is 77.4 Å². The molecule has 1 atom stereocenters. The van der Waals surface area contributed by atoms with E-state index in [4.69, 9.17) is 9.98 Å². The van der Waals surface area contributed by atoms with Crippen LogP contribution >= 0.6 is 11.3 Å². The molecule has 0 spiro atoms. The third-order valence-electron chi connectivity index (χ3n) is 12.6. The highest BCUT2D eigenvalue weighted by atomic mass is 32.1. The van der Waals surface area contributed by atoms with Crippen LogP contribution < -0.4 is 5.32 Å². The molecule has 6 heteroatoms. The standard InChI is InChI=1S/C57H37N5S/c1-4-15-36(16-5-1)55-58-56(37-17-6-2-7-18-37)60-57(59-55)40-28-29-45-47-35-54-48(34-52(47)61(51(45)32-40)41-20-8-3-9-21-41)46-30-27-39(33-53(46)63-54)38-19-14-22-42(31-38)62-49-25-12-10-23-43(49)44-24-11-13-26-50(44)62/h1-35,55H,(H,58,59,60). The molecule has 1 unspecified atom stereocenters. The smallest absolute Gasteiger partial charge is 0.159 e. The van der Waals surface area contributed by atoms with E-state index >= 15 is 0 Å². The van der Waals surface area contributed by atoms with Crippen molar-refractivity contribution in [1.82, 2.24) is 14.5 Å². The summed E-state index contributed by atoms with van der Waals surface area (Å²) in [5.74, 6) is 1.51. The van der Waals surface area contributed by atoms with Crippen LogP contribution in [0.2, 0.25) is 0 Å². The topological polar surface area (TPSA) is 46.6 Å². The summed E-state index contributed by atoms with van der Waals surface area (Å²) in [5, 5.41) is 11.2. The Morgan fingerprint density at radius 2 is 0.952 bits per heavy atom. The van der Waals surface area contributed by atoms with Crippen LogP contribution in [-0.2, 0) is 0 Å². The van der Waals surface area contributed by atoms with Crippen LogP contribution in [0.5, 0.6) is 0 Å². The van der Waals surface area contributed by atoms with E-state index < -0.39 is 0 Å². The van der Waals surface area contributed by atoms with Crippen molar-refractivity contribution in [3.8, 4) is 22.5 Å². The van der Waals surface area contributed by atoms with Gasteiger partial charge in [-0.1, -0.05) is 152 Å². The fourth-order valence-corrected chi connectivity index (χ4v) is 10.8. The van der Waals surface area contributed by atoms with Crippen molar-refractivity contribution in [1.29, 1.82) is 0 Å². The summed E-state index contributed by atoms with van der Waals surface area (Å²) in [4.78, 5) is 10.2. The molecule has 0 amide bonds. The van der Waals surface area contributed by atoms with E-state index in [1.165, 1.54) is 69.4 Å². The van der Waals surface area contributed by atoms with Crippen LogP contribution in [0.4, 0.5) is 0 Å². The highest BCUT2D eigenvalue weighted by Crippen LogP contribution is 2.43. The minimum absolute atomic E-state index is 0.269. The molecule has 12 aromatic rings. The number of nitrogens with zero attached hydrogens (tertiary/aromatic N) is 4. The Labute approximate surface area is 367 Å². The molecule has 1 N–H and O–H groups in total. The van der Waals surface area contributed by atoms with Gasteiger partial charge < -0.3 is 14.5 Å². The zero-order valence-corrected chi connectivity index (χ0v) is 34.8. The van der Waals surface area contributed by atoms with Crippen molar-refractivity contribution < 1.29 is 0 Å². The molecule has 0 bridgehead atoms. The van der Waals surface area contributed by atoms with Gasteiger partial charge in [0.25, 0.3) is 0 Å². The largest absolute Gasteiger partial charge is 0.344 e. The van der Waals surface area contributed by atoms with Crippen LogP contribution in [0.25, 0.3) is 86.3 Å². The molecule has 1 aliphatic heterocycles. The monoisotopic (exact) mass is 823 g/mol. The van der Waals surface area contributed by atoms with E-state index in [0.29, 0.717) is 5.84 Å². The van der Waals surface area contributed by atoms with Gasteiger partial charge in [0.1, 0.15) is 12.0 Å². The zero-order chi connectivity index (χ0) is 41.4. The number of para-hydroxylation sites is 3. The minimum Gasteiger partial charge on any atom is -0.344 e. The molecule has 4 heterocycles. The molecule has 9 aromatic carbocycles. The van der Waals surface area contributed by atoms with Crippen LogP contribution in [0, 0.1) is 0 Å². The zero-order valence-electron chi connectivity index (χ0n) is 34.0. The summed E-state index contributed by atoms with van der Waals surface area (Å²) in [7, 11) is 0. The summed E-state index contributed by atoms with van der Waals surface area (Å²) in [6, 6.07) is 76.3. The minimum atomic E-state index is -0.269. The number of fused-ring (bicyclic) bond motifs is 9. The fraction of sp³-hybridized carbons (Fsp3) is 0.0175. The molecule has 0 fully saturated rings. The third-order valence-corrected chi connectivity index (χ3v) is 13.7. The summed E-state index contributed by atoms with van der Waals surface area (Å²) >= 11 is 1.87. The SMILES string of the molecule is c1ccc(C2=NC(c3ccccc3)NC(c3ccc4c5cc6sc7cc(-c8cccc(-n9c%10ccccc%10c%10ccccc%109)c8)ccc7c6cc5n(-c5ccccc5)c4c3)=N2)cc1. The van der Waals surface area contributed by atoms with E-state index in [1.807, 2.05) is 35.6 Å². The van der Waals surface area contributed by atoms with E-state index in [1.54, 1.807) is 0 Å². The summed E-state index contributed by atoms with van der Waals surface area (Å²) in [6.45, 7) is 0. The van der Waals surface area contributed by atoms with E-state index in [9.17, 15) is 0 Å². The molecule has 5 nitrogen and oxygen atoms in total. The first kappa shape index (κ1) is 35.7. The first-order valence-electron chi connectivity index (χ1n) is 21.3. The lowest BCUT2D eigenvalue weighted by atomic mass is 10.0. The average Bonchev–Trinajstić information content (AvgIpc) is 4.00. The number of thiophene rings is 1. The van der Waals surface area contributed by atoms with Gasteiger partial charge in [0.15, 0.2) is 5.84 Å². The molecular weight excluding hydrogens is 787 g/mol. The van der Waals surface area contributed by atoms with Crippen LogP contribution in [0.1, 0.15) is 22.9 Å². The first-order valence-corrected chi connectivity index (χ1v) is 22.2.